The fourth-order valence-corrected chi connectivity index (χ4v) is 3.54. The van der Waals surface area contributed by atoms with E-state index in [1.165, 1.54) is 11.3 Å². The molecule has 0 atom stereocenters. The molecular formula is C20H18N4OS. The van der Waals surface area contributed by atoms with E-state index in [0.717, 1.165) is 27.8 Å². The third-order valence-electron chi connectivity index (χ3n) is 4.21. The fraction of sp³-hybridized carbons (Fsp3) is 0.100. The summed E-state index contributed by atoms with van der Waals surface area (Å²) in [5.41, 5.74) is 4.55. The van der Waals surface area contributed by atoms with E-state index in [-0.39, 0.29) is 5.91 Å². The third kappa shape index (κ3) is 3.07. The van der Waals surface area contributed by atoms with Gasteiger partial charge in [-0.2, -0.15) is 0 Å². The van der Waals surface area contributed by atoms with Gasteiger partial charge in [0.25, 0.3) is 5.91 Å². The maximum Gasteiger partial charge on any atom is 0.257 e. The van der Waals surface area contributed by atoms with Crippen molar-refractivity contribution in [1.82, 2.24) is 9.97 Å². The lowest BCUT2D eigenvalue weighted by Gasteiger charge is -2.13. The minimum Gasteiger partial charge on any atom is -0.378 e. The van der Waals surface area contributed by atoms with Crippen molar-refractivity contribution in [2.75, 3.05) is 24.3 Å². The van der Waals surface area contributed by atoms with Gasteiger partial charge in [-0.1, -0.05) is 24.3 Å². The second-order valence-electron chi connectivity index (χ2n) is 6.18. The number of rotatable bonds is 4. The van der Waals surface area contributed by atoms with Crippen molar-refractivity contribution >= 4 is 39.0 Å². The van der Waals surface area contributed by atoms with Crippen molar-refractivity contribution in [2.45, 2.75) is 0 Å². The van der Waals surface area contributed by atoms with Crippen molar-refractivity contribution < 1.29 is 4.79 Å². The van der Waals surface area contributed by atoms with Crippen LogP contribution in [0.3, 0.4) is 0 Å². The van der Waals surface area contributed by atoms with Crippen LogP contribution in [-0.4, -0.2) is 30.0 Å². The van der Waals surface area contributed by atoms with Crippen molar-refractivity contribution in [3.05, 3.63) is 65.7 Å². The molecule has 4 rings (SSSR count). The van der Waals surface area contributed by atoms with E-state index in [1.54, 1.807) is 6.07 Å². The highest BCUT2D eigenvalue weighted by Gasteiger charge is 2.13. The van der Waals surface area contributed by atoms with E-state index in [4.69, 9.17) is 0 Å². The molecule has 0 aliphatic rings. The van der Waals surface area contributed by atoms with Gasteiger partial charge in [0.15, 0.2) is 5.13 Å². The van der Waals surface area contributed by atoms with E-state index in [1.807, 2.05) is 67.0 Å². The van der Waals surface area contributed by atoms with Gasteiger partial charge in [-0.05, 0) is 24.3 Å². The molecule has 0 radical (unpaired) electrons. The van der Waals surface area contributed by atoms with Crippen LogP contribution in [0.4, 0.5) is 10.8 Å². The number of fused-ring (bicyclic) bond motifs is 1. The van der Waals surface area contributed by atoms with Crippen LogP contribution >= 0.6 is 11.3 Å². The molecule has 2 aromatic carbocycles. The van der Waals surface area contributed by atoms with E-state index >= 15 is 0 Å². The van der Waals surface area contributed by atoms with Gasteiger partial charge in [0.2, 0.25) is 0 Å². The fourth-order valence-electron chi connectivity index (χ4n) is 2.83. The second-order valence-corrected chi connectivity index (χ2v) is 7.04. The van der Waals surface area contributed by atoms with Crippen molar-refractivity contribution in [3.8, 4) is 11.3 Å². The minimum absolute atomic E-state index is 0.159. The first kappa shape index (κ1) is 16.4. The number of hydrogen-bond acceptors (Lipinski definition) is 4. The molecule has 130 valence electrons. The molecule has 0 unspecified atom stereocenters. The number of amides is 1. The van der Waals surface area contributed by atoms with E-state index in [2.05, 4.69) is 21.4 Å². The number of H-pyrrole nitrogens is 1. The van der Waals surface area contributed by atoms with Gasteiger partial charge >= 0.3 is 0 Å². The van der Waals surface area contributed by atoms with Crippen LogP contribution in [-0.2, 0) is 0 Å². The van der Waals surface area contributed by atoms with Crippen LogP contribution in [0.15, 0.2) is 60.1 Å². The SMILES string of the molecule is CN(C)c1cccc(C(=O)Nc2nc(-c3c[nH]c4ccccc34)cs2)c1. The molecule has 26 heavy (non-hydrogen) atoms. The number of aromatic amines is 1. The number of carbonyl (C=O) groups excluding carboxylic acids is 1. The zero-order chi connectivity index (χ0) is 18.1. The Morgan fingerprint density at radius 3 is 2.85 bits per heavy atom. The Bertz CT molecular complexity index is 1080. The number of benzene rings is 2. The molecule has 2 heterocycles. The monoisotopic (exact) mass is 362 g/mol. The first-order valence-corrected chi connectivity index (χ1v) is 9.10. The molecule has 2 N–H and O–H groups in total. The summed E-state index contributed by atoms with van der Waals surface area (Å²) in [6.45, 7) is 0. The highest BCUT2D eigenvalue weighted by Crippen LogP contribution is 2.31. The van der Waals surface area contributed by atoms with Crippen LogP contribution in [0.5, 0.6) is 0 Å². The predicted octanol–water partition coefficient (Wildman–Crippen LogP) is 4.61. The first-order valence-electron chi connectivity index (χ1n) is 8.22. The molecule has 5 nitrogen and oxygen atoms in total. The van der Waals surface area contributed by atoms with E-state index in [9.17, 15) is 4.79 Å². The second kappa shape index (κ2) is 6.65. The van der Waals surface area contributed by atoms with Gasteiger partial charge in [-0.3, -0.25) is 10.1 Å². The van der Waals surface area contributed by atoms with Crippen molar-refractivity contribution in [2.24, 2.45) is 0 Å². The molecule has 0 spiro atoms. The molecule has 4 aromatic rings. The Morgan fingerprint density at radius 2 is 2.00 bits per heavy atom. The van der Waals surface area contributed by atoms with Crippen LogP contribution in [0.1, 0.15) is 10.4 Å². The average Bonchev–Trinajstić information content (AvgIpc) is 3.28. The summed E-state index contributed by atoms with van der Waals surface area (Å²) in [5, 5.41) is 6.56. The predicted molar refractivity (Wildman–Crippen MR) is 108 cm³/mol. The summed E-state index contributed by atoms with van der Waals surface area (Å²) in [5.74, 6) is -0.159. The lowest BCUT2D eigenvalue weighted by Crippen LogP contribution is -2.14. The van der Waals surface area contributed by atoms with Gasteiger partial charge < -0.3 is 9.88 Å². The average molecular weight is 362 g/mol. The molecule has 0 bridgehead atoms. The summed E-state index contributed by atoms with van der Waals surface area (Å²) in [7, 11) is 3.90. The topological polar surface area (TPSA) is 61.0 Å². The number of aromatic nitrogens is 2. The lowest BCUT2D eigenvalue weighted by molar-refractivity contribution is 0.102. The van der Waals surface area contributed by atoms with Gasteiger partial charge in [0.1, 0.15) is 0 Å². The summed E-state index contributed by atoms with van der Waals surface area (Å²) < 4.78 is 0. The molecule has 0 aliphatic heterocycles. The Balaban J connectivity index is 1.57. The molecule has 1 amide bonds. The standard InChI is InChI=1S/C20H18N4OS/c1-24(2)14-7-5-6-13(10-14)19(25)23-20-22-18(12-26-20)16-11-21-17-9-4-3-8-15(16)17/h3-12,21H,1-2H3,(H,22,23,25). The Hall–Kier alpha value is -3.12. The van der Waals surface area contributed by atoms with Gasteiger partial charge in [0, 0.05) is 53.4 Å². The number of hydrogen-bond donors (Lipinski definition) is 2. The maximum absolute atomic E-state index is 12.5. The number of anilines is 2. The zero-order valence-corrected chi connectivity index (χ0v) is 15.3. The van der Waals surface area contributed by atoms with Crippen molar-refractivity contribution in [1.29, 1.82) is 0 Å². The molecule has 0 saturated carbocycles. The first-order chi connectivity index (χ1) is 12.6. The van der Waals surface area contributed by atoms with E-state index < -0.39 is 0 Å². The van der Waals surface area contributed by atoms with Gasteiger partial charge in [0.05, 0.1) is 5.69 Å². The summed E-state index contributed by atoms with van der Waals surface area (Å²) in [6.07, 6.45) is 1.95. The number of nitrogens with one attached hydrogen (secondary N) is 2. The quantitative estimate of drug-likeness (QED) is 0.557. The molecule has 0 saturated heterocycles. The van der Waals surface area contributed by atoms with Crippen LogP contribution in [0.25, 0.3) is 22.2 Å². The van der Waals surface area contributed by atoms with Crippen LogP contribution in [0.2, 0.25) is 0 Å². The minimum atomic E-state index is -0.159. The van der Waals surface area contributed by atoms with Crippen molar-refractivity contribution in [3.63, 3.8) is 0 Å². The zero-order valence-electron chi connectivity index (χ0n) is 14.5. The lowest BCUT2D eigenvalue weighted by atomic mass is 10.1. The Morgan fingerprint density at radius 1 is 1.15 bits per heavy atom. The molecule has 0 fully saturated rings. The van der Waals surface area contributed by atoms with E-state index in [0.29, 0.717) is 10.7 Å². The highest BCUT2D eigenvalue weighted by molar-refractivity contribution is 7.14. The number of para-hydroxylation sites is 1. The summed E-state index contributed by atoms with van der Waals surface area (Å²) in [4.78, 5) is 22.3. The normalized spacial score (nSPS) is 10.8. The number of carbonyl (C=O) groups is 1. The molecule has 6 heteroatoms. The van der Waals surface area contributed by atoms with Crippen LogP contribution in [0, 0.1) is 0 Å². The molecular weight excluding hydrogens is 344 g/mol. The number of nitrogens with zero attached hydrogens (tertiary/aromatic N) is 2. The third-order valence-corrected chi connectivity index (χ3v) is 4.97. The van der Waals surface area contributed by atoms with Crippen LogP contribution < -0.4 is 10.2 Å². The summed E-state index contributed by atoms with van der Waals surface area (Å²) >= 11 is 1.42. The highest BCUT2D eigenvalue weighted by atomic mass is 32.1. The smallest absolute Gasteiger partial charge is 0.257 e. The number of thiazole rings is 1. The summed E-state index contributed by atoms with van der Waals surface area (Å²) in [6, 6.07) is 15.6. The Kier molecular flexibility index (Phi) is 4.18. The van der Waals surface area contributed by atoms with Gasteiger partial charge in [-0.15, -0.1) is 11.3 Å². The van der Waals surface area contributed by atoms with Gasteiger partial charge in [-0.25, -0.2) is 4.98 Å². The largest absolute Gasteiger partial charge is 0.378 e. The molecule has 2 aromatic heterocycles. The molecule has 0 aliphatic carbocycles. The Labute approximate surface area is 155 Å². The maximum atomic E-state index is 12.5.